The molecular weight excluding hydrogens is 428 g/mol. The summed E-state index contributed by atoms with van der Waals surface area (Å²) in [5, 5.41) is 24.9. The lowest BCUT2D eigenvalue weighted by molar-refractivity contribution is -0.115. The van der Waals surface area contributed by atoms with Crippen molar-refractivity contribution in [1.82, 2.24) is 14.9 Å². The highest BCUT2D eigenvalue weighted by Gasteiger charge is 2.53. The van der Waals surface area contributed by atoms with Gasteiger partial charge in [0.25, 0.3) is 0 Å². The van der Waals surface area contributed by atoms with Gasteiger partial charge in [-0.1, -0.05) is 6.07 Å². The van der Waals surface area contributed by atoms with Crippen LogP contribution in [-0.2, 0) is 19.5 Å². The fraction of sp³-hybridized carbons (Fsp3) is 0.630. The number of hydrogen-bond acceptors (Lipinski definition) is 7. The summed E-state index contributed by atoms with van der Waals surface area (Å²) in [6.07, 6.45) is 10.0. The molecule has 7 heteroatoms. The maximum Gasteiger partial charge on any atom is 0.160 e. The van der Waals surface area contributed by atoms with E-state index in [0.29, 0.717) is 12.3 Å². The van der Waals surface area contributed by atoms with Crippen molar-refractivity contribution in [3.8, 4) is 11.5 Å². The summed E-state index contributed by atoms with van der Waals surface area (Å²) in [4.78, 5) is 11.5. The van der Waals surface area contributed by atoms with Crippen LogP contribution in [-0.4, -0.2) is 51.4 Å². The molecule has 0 spiro atoms. The highest BCUT2D eigenvalue weighted by atomic mass is 16.5. The van der Waals surface area contributed by atoms with Gasteiger partial charge >= 0.3 is 0 Å². The Balaban J connectivity index is 1.10. The zero-order valence-electron chi connectivity index (χ0n) is 20.0. The van der Waals surface area contributed by atoms with Crippen LogP contribution in [0.5, 0.6) is 11.5 Å². The molecular formula is C27H36N4O3. The minimum Gasteiger partial charge on any atom is -0.504 e. The second-order valence-electron chi connectivity index (χ2n) is 11.3. The molecule has 1 aromatic heterocycles. The Morgan fingerprint density at radius 3 is 2.56 bits per heavy atom. The number of anilines is 1. The highest BCUT2D eigenvalue weighted by Crippen LogP contribution is 2.61. The maximum atomic E-state index is 11.3. The SMILES string of the molecule is COc1ccc(CN2CCc3c(ncnc3NCC(O)C34CC5CC(CC(C5)C3)C4)C2)cc1O. The molecule has 4 fully saturated rings. The van der Waals surface area contributed by atoms with Gasteiger partial charge in [-0.05, 0) is 85.8 Å². The molecule has 0 amide bonds. The fourth-order valence-corrected chi connectivity index (χ4v) is 7.78. The average Bonchev–Trinajstić information content (AvgIpc) is 2.81. The van der Waals surface area contributed by atoms with Gasteiger partial charge in [-0.3, -0.25) is 4.90 Å². The van der Waals surface area contributed by atoms with E-state index in [4.69, 9.17) is 4.74 Å². The summed E-state index contributed by atoms with van der Waals surface area (Å²) in [6, 6.07) is 5.57. The first-order valence-corrected chi connectivity index (χ1v) is 12.8. The number of aliphatic hydroxyl groups excluding tert-OH is 1. The number of ether oxygens (including phenoxy) is 1. The van der Waals surface area contributed by atoms with E-state index < -0.39 is 0 Å². The molecule has 0 radical (unpaired) electrons. The zero-order chi connectivity index (χ0) is 23.3. The molecule has 1 unspecified atom stereocenters. The van der Waals surface area contributed by atoms with Crippen molar-refractivity contribution < 1.29 is 14.9 Å². The van der Waals surface area contributed by atoms with Gasteiger partial charge in [0.1, 0.15) is 12.1 Å². The first-order valence-electron chi connectivity index (χ1n) is 12.8. The summed E-state index contributed by atoms with van der Waals surface area (Å²) in [5.41, 5.74) is 3.39. The van der Waals surface area contributed by atoms with Crippen LogP contribution in [0.1, 0.15) is 55.3 Å². The van der Waals surface area contributed by atoms with E-state index in [1.807, 2.05) is 12.1 Å². The summed E-state index contributed by atoms with van der Waals surface area (Å²) in [6.45, 7) is 2.97. The topological polar surface area (TPSA) is 90.7 Å². The third kappa shape index (κ3) is 4.03. The molecule has 0 saturated heterocycles. The fourth-order valence-electron chi connectivity index (χ4n) is 7.78. The molecule has 1 aliphatic heterocycles. The van der Waals surface area contributed by atoms with E-state index in [2.05, 4.69) is 20.2 Å². The van der Waals surface area contributed by atoms with Crippen LogP contribution in [0.15, 0.2) is 24.5 Å². The molecule has 3 N–H and O–H groups in total. The number of hydrogen-bond donors (Lipinski definition) is 3. The minimum atomic E-state index is -0.311. The van der Waals surface area contributed by atoms with Gasteiger partial charge in [0.2, 0.25) is 0 Å². The number of benzene rings is 1. The predicted octanol–water partition coefficient (Wildman–Crippen LogP) is 3.74. The Bertz CT molecular complexity index is 1020. The lowest BCUT2D eigenvalue weighted by Crippen LogP contribution is -2.53. The number of phenols is 1. The molecule has 2 aromatic rings. The molecule has 1 atom stereocenters. The minimum absolute atomic E-state index is 0.121. The van der Waals surface area contributed by atoms with Crippen molar-refractivity contribution in [2.24, 2.45) is 23.2 Å². The predicted molar refractivity (Wildman–Crippen MR) is 130 cm³/mol. The molecule has 4 aliphatic carbocycles. The molecule has 2 heterocycles. The van der Waals surface area contributed by atoms with Crippen molar-refractivity contribution in [1.29, 1.82) is 0 Å². The number of phenolic OH excluding ortho intramolecular Hbond substituents is 1. The van der Waals surface area contributed by atoms with Gasteiger partial charge in [-0.25, -0.2) is 9.97 Å². The first kappa shape index (κ1) is 22.1. The molecule has 7 rings (SSSR count). The van der Waals surface area contributed by atoms with E-state index in [1.54, 1.807) is 19.5 Å². The number of nitrogens with one attached hydrogen (secondary N) is 1. The summed E-state index contributed by atoms with van der Waals surface area (Å²) in [7, 11) is 1.56. The standard InChI is InChI=1S/C27H36N4O3/c1-34-24-3-2-17(9-23(24)32)14-31-5-4-21-22(15-31)29-16-30-26(21)28-13-25(33)27-10-18-6-19(11-27)8-20(7-18)12-27/h2-3,9,16,18-20,25,32-33H,4-8,10-15H2,1H3,(H,28,29,30). The van der Waals surface area contributed by atoms with Crippen LogP contribution in [0.3, 0.4) is 0 Å². The molecule has 1 aromatic carbocycles. The van der Waals surface area contributed by atoms with Crippen molar-refractivity contribution in [2.75, 3.05) is 25.5 Å². The molecule has 5 aliphatic rings. The van der Waals surface area contributed by atoms with E-state index in [1.165, 1.54) is 44.1 Å². The average molecular weight is 465 g/mol. The molecule has 34 heavy (non-hydrogen) atoms. The quantitative estimate of drug-likeness (QED) is 0.575. The third-order valence-corrected chi connectivity index (χ3v) is 8.99. The Labute approximate surface area is 201 Å². The number of aliphatic hydroxyl groups is 1. The second-order valence-corrected chi connectivity index (χ2v) is 11.3. The van der Waals surface area contributed by atoms with E-state index in [-0.39, 0.29) is 17.3 Å². The molecule has 7 nitrogen and oxygen atoms in total. The van der Waals surface area contributed by atoms with Gasteiger partial charge in [0.05, 0.1) is 18.9 Å². The highest BCUT2D eigenvalue weighted by molar-refractivity contribution is 5.47. The van der Waals surface area contributed by atoms with Crippen LogP contribution in [0.25, 0.3) is 0 Å². The number of aromatic nitrogens is 2. The first-order chi connectivity index (χ1) is 16.5. The van der Waals surface area contributed by atoms with Crippen LogP contribution in [0.4, 0.5) is 5.82 Å². The van der Waals surface area contributed by atoms with E-state index in [0.717, 1.165) is 60.9 Å². The van der Waals surface area contributed by atoms with Crippen LogP contribution >= 0.6 is 0 Å². The smallest absolute Gasteiger partial charge is 0.160 e. The molecule has 182 valence electrons. The lowest BCUT2D eigenvalue weighted by atomic mass is 9.48. The maximum absolute atomic E-state index is 11.3. The van der Waals surface area contributed by atoms with Crippen molar-refractivity contribution >= 4 is 5.82 Å². The van der Waals surface area contributed by atoms with Gasteiger partial charge in [0.15, 0.2) is 11.5 Å². The number of rotatable bonds is 7. The van der Waals surface area contributed by atoms with Gasteiger partial charge in [-0.2, -0.15) is 0 Å². The second kappa shape index (κ2) is 8.68. The summed E-state index contributed by atoms with van der Waals surface area (Å²) < 4.78 is 5.15. The van der Waals surface area contributed by atoms with Crippen molar-refractivity contribution in [3.05, 3.63) is 41.3 Å². The lowest BCUT2D eigenvalue weighted by Gasteiger charge is -2.58. The Morgan fingerprint density at radius 1 is 1.15 bits per heavy atom. The number of aromatic hydroxyl groups is 1. The Kier molecular flexibility index (Phi) is 5.65. The van der Waals surface area contributed by atoms with Crippen molar-refractivity contribution in [3.63, 3.8) is 0 Å². The Morgan fingerprint density at radius 2 is 1.88 bits per heavy atom. The monoisotopic (exact) mass is 464 g/mol. The van der Waals surface area contributed by atoms with Gasteiger partial charge < -0.3 is 20.3 Å². The zero-order valence-corrected chi connectivity index (χ0v) is 20.0. The Hall–Kier alpha value is -2.38. The summed E-state index contributed by atoms with van der Waals surface area (Å²) >= 11 is 0. The van der Waals surface area contributed by atoms with Crippen molar-refractivity contribution in [2.45, 2.75) is 64.1 Å². The summed E-state index contributed by atoms with van der Waals surface area (Å²) in [5.74, 6) is 4.06. The molecule has 4 saturated carbocycles. The number of nitrogens with zero attached hydrogens (tertiary/aromatic N) is 3. The van der Waals surface area contributed by atoms with Crippen LogP contribution < -0.4 is 10.1 Å². The third-order valence-electron chi connectivity index (χ3n) is 8.99. The van der Waals surface area contributed by atoms with E-state index >= 15 is 0 Å². The number of methoxy groups -OCH3 is 1. The van der Waals surface area contributed by atoms with E-state index in [9.17, 15) is 10.2 Å². The normalized spacial score (nSPS) is 30.7. The molecule has 4 bridgehead atoms. The van der Waals surface area contributed by atoms with Gasteiger partial charge in [0, 0.05) is 31.7 Å². The van der Waals surface area contributed by atoms with Crippen LogP contribution in [0, 0.1) is 23.2 Å². The van der Waals surface area contributed by atoms with Gasteiger partial charge in [-0.15, -0.1) is 0 Å². The number of fused-ring (bicyclic) bond motifs is 1. The van der Waals surface area contributed by atoms with Crippen LogP contribution in [0.2, 0.25) is 0 Å². The largest absolute Gasteiger partial charge is 0.504 e.